The minimum absolute atomic E-state index is 0.975. The Morgan fingerprint density at radius 1 is 0.219 bits per heavy atom. The van der Waals surface area contributed by atoms with Gasteiger partial charge >= 0.3 is 33.0 Å². The smallest absolute Gasteiger partial charge is 0.485 e. The fourth-order valence-electron chi connectivity index (χ4n) is 7.19. The molecule has 580 valence electrons. The lowest BCUT2D eigenvalue weighted by Gasteiger charge is -2.08. The highest BCUT2D eigenvalue weighted by Crippen LogP contribution is 2.26. The first kappa shape index (κ1) is 92.5. The number of alkyl halides is 18. The molecule has 26 nitrogen and oxygen atoms in total. The molecular formula is C55H50F18N8O18S6. The molecule has 0 N–H and O–H groups in total. The number of rotatable bonds is 16. The van der Waals surface area contributed by atoms with E-state index in [0.717, 1.165) is 58.5 Å². The molecule has 0 atom stereocenters. The number of aromatic nitrogens is 8. The molecule has 8 rings (SSSR count). The van der Waals surface area contributed by atoms with Crippen LogP contribution in [0.2, 0.25) is 0 Å². The lowest BCUT2D eigenvalue weighted by molar-refractivity contribution is -0.727. The molecular weight excluding hydrogens is 1600 g/mol. The van der Waals surface area contributed by atoms with Gasteiger partial charge in [-0.05, 0) is 68.8 Å². The van der Waals surface area contributed by atoms with Gasteiger partial charge in [0.15, 0.2) is 174 Å². The Balaban J connectivity index is 0.000000624. The minimum atomic E-state index is -6.09. The zero-order valence-electron chi connectivity index (χ0n) is 52.0. The summed E-state index contributed by atoms with van der Waals surface area (Å²) in [6, 6.07) is 34.6. The molecule has 105 heavy (non-hydrogen) atoms. The third kappa shape index (κ3) is 34.5. The Bertz CT molecular complexity index is 4220. The van der Waals surface area contributed by atoms with E-state index in [1.807, 2.05) is 49.1 Å². The molecule has 0 saturated heterocycles. The largest absolute Gasteiger partial charge is 0.741 e. The molecule has 0 saturated carbocycles. The van der Waals surface area contributed by atoms with Gasteiger partial charge in [-0.15, -0.1) is 0 Å². The summed E-state index contributed by atoms with van der Waals surface area (Å²) in [6.45, 7) is 5.87. The van der Waals surface area contributed by atoms with Crippen LogP contribution in [-0.4, -0.2) is 121 Å². The Hall–Kier alpha value is -8.60. The third-order valence-corrected chi connectivity index (χ3v) is 15.6. The van der Waals surface area contributed by atoms with Crippen molar-refractivity contribution in [1.82, 2.24) is 9.97 Å². The maximum Gasteiger partial charge on any atom is 0.485 e. The lowest BCUT2D eigenvalue weighted by atomic mass is 10.1. The van der Waals surface area contributed by atoms with E-state index >= 15 is 0 Å². The zero-order valence-corrected chi connectivity index (χ0v) is 56.9. The maximum atomic E-state index is 10.7. The van der Waals surface area contributed by atoms with Gasteiger partial charge in [-0.25, -0.2) is 77.9 Å². The third-order valence-electron chi connectivity index (χ3n) is 12.2. The zero-order chi connectivity index (χ0) is 80.5. The van der Waals surface area contributed by atoms with Gasteiger partial charge in [0.05, 0.1) is 19.3 Å². The Morgan fingerprint density at radius 2 is 0.314 bits per heavy atom. The molecule has 0 aliphatic carbocycles. The van der Waals surface area contributed by atoms with Crippen molar-refractivity contribution >= 4 is 60.7 Å². The summed E-state index contributed by atoms with van der Waals surface area (Å²) in [5.74, 6) is 0. The normalized spacial score (nSPS) is 12.4. The quantitative estimate of drug-likeness (QED) is 0.0434. The number of pyridine rings is 8. The highest BCUT2D eigenvalue weighted by molar-refractivity contribution is 7.87. The van der Waals surface area contributed by atoms with Gasteiger partial charge in [-0.3, -0.25) is 9.97 Å². The number of hydrogen-bond acceptors (Lipinski definition) is 20. The molecule has 0 unspecified atom stereocenters. The molecule has 0 aliphatic heterocycles. The Kier molecular flexibility index (Phi) is 34.0. The highest BCUT2D eigenvalue weighted by Gasteiger charge is 2.40. The van der Waals surface area contributed by atoms with Crippen molar-refractivity contribution in [3.8, 4) is 44.5 Å². The summed E-state index contributed by atoms with van der Waals surface area (Å²) in [5, 5.41) is 0. The van der Waals surface area contributed by atoms with Crippen LogP contribution in [0.4, 0.5) is 79.0 Å². The van der Waals surface area contributed by atoms with Crippen molar-refractivity contribution in [2.24, 2.45) is 0 Å². The standard InChI is InChI=1S/C49H50N8.6CHF3O3S/c1(24-52-30-8-44(9-31-52)42-4-20-50-21-5-42)26-54-34-12-46(13-35-54)48-16-38-56(39-17-48)28-3-29-57-40-18-49(19-41-57)47-14-36-55(37-15-47)27-2-25-53-32-10-45(11-33-53)43-6-22-51-23-7-43;6*2-1(3,4)8(5,6)7/h4-23,30-41H,1-3,24-29H2;6*(H,5,6,7)/q+6;;;;;;/p-6. The van der Waals surface area contributed by atoms with Crippen molar-refractivity contribution in [2.45, 2.75) is 91.6 Å². The molecule has 0 bridgehead atoms. The topological polar surface area (TPSA) is 392 Å². The van der Waals surface area contributed by atoms with Gasteiger partial charge < -0.3 is 27.3 Å². The van der Waals surface area contributed by atoms with Crippen molar-refractivity contribution in [3.63, 3.8) is 0 Å². The average molecular weight is 1650 g/mol. The fourth-order valence-corrected chi connectivity index (χ4v) is 7.19. The first-order valence-electron chi connectivity index (χ1n) is 27.6. The summed E-state index contributed by atoms with van der Waals surface area (Å²) in [6.07, 6.45) is 36.7. The molecule has 50 heteroatoms. The second-order valence-corrected chi connectivity index (χ2v) is 28.1. The molecule has 0 radical (unpaired) electrons. The predicted molar refractivity (Wildman–Crippen MR) is 313 cm³/mol. The van der Waals surface area contributed by atoms with Gasteiger partial charge in [0.2, 0.25) is 0 Å². The molecule has 0 aromatic carbocycles. The molecule has 0 aliphatic rings. The van der Waals surface area contributed by atoms with Crippen LogP contribution in [0.5, 0.6) is 0 Å². The van der Waals surface area contributed by atoms with E-state index in [-0.39, 0.29) is 0 Å². The van der Waals surface area contributed by atoms with Crippen LogP contribution < -0.4 is 27.4 Å². The second kappa shape index (κ2) is 38.6. The average Bonchev–Trinajstić information content (AvgIpc) is 0.831. The van der Waals surface area contributed by atoms with E-state index in [4.69, 9.17) is 77.8 Å². The van der Waals surface area contributed by atoms with E-state index in [9.17, 15) is 79.0 Å². The summed E-state index contributed by atoms with van der Waals surface area (Å²) in [4.78, 5) is 8.23. The summed E-state index contributed by atoms with van der Waals surface area (Å²) in [7, 11) is -36.5. The molecule has 8 aromatic heterocycles. The number of halogens is 18. The van der Waals surface area contributed by atoms with Gasteiger partial charge in [-0.2, -0.15) is 79.0 Å². The van der Waals surface area contributed by atoms with Gasteiger partial charge in [-0.1, -0.05) is 0 Å². The Labute approximate surface area is 584 Å². The molecule has 8 heterocycles. The maximum absolute atomic E-state index is 10.7. The highest BCUT2D eigenvalue weighted by atomic mass is 32.2. The first-order chi connectivity index (χ1) is 47.7. The number of hydrogen-bond donors (Lipinski definition) is 0. The lowest BCUT2D eigenvalue weighted by Crippen LogP contribution is -2.38. The van der Waals surface area contributed by atoms with Crippen molar-refractivity contribution in [1.29, 1.82) is 0 Å². The van der Waals surface area contributed by atoms with Crippen LogP contribution in [0, 0.1) is 0 Å². The first-order valence-corrected chi connectivity index (χ1v) is 36.1. The van der Waals surface area contributed by atoms with Crippen LogP contribution in [0.1, 0.15) is 19.3 Å². The Morgan fingerprint density at radius 3 is 0.410 bits per heavy atom. The monoisotopic (exact) mass is 1640 g/mol. The predicted octanol–water partition coefficient (Wildman–Crippen LogP) is 6.45. The van der Waals surface area contributed by atoms with Crippen LogP contribution >= 0.6 is 0 Å². The molecule has 8 aromatic rings. The molecule has 0 amide bonds. The second-order valence-electron chi connectivity index (χ2n) is 19.9. The summed E-state index contributed by atoms with van der Waals surface area (Å²) in [5.41, 5.74) is -24.1. The fraction of sp³-hybridized carbons (Fsp3) is 0.273. The van der Waals surface area contributed by atoms with E-state index in [1.54, 1.807) is 0 Å². The van der Waals surface area contributed by atoms with Gasteiger partial charge in [0.25, 0.3) is 0 Å². The number of aryl methyl sites for hydroxylation is 6. The van der Waals surface area contributed by atoms with Gasteiger partial charge in [0.1, 0.15) is 0 Å². The summed E-state index contributed by atoms with van der Waals surface area (Å²) >= 11 is 0. The van der Waals surface area contributed by atoms with Crippen molar-refractivity contribution < 1.29 is 184 Å². The molecule has 0 spiro atoms. The van der Waals surface area contributed by atoms with Crippen LogP contribution in [-0.2, 0) is 100.0 Å². The molecule has 0 fully saturated rings. The summed E-state index contributed by atoms with van der Waals surface area (Å²) < 4.78 is 367. The van der Waals surface area contributed by atoms with Crippen molar-refractivity contribution in [2.75, 3.05) is 0 Å². The van der Waals surface area contributed by atoms with Crippen LogP contribution in [0.25, 0.3) is 44.5 Å². The van der Waals surface area contributed by atoms with E-state index in [2.05, 4.69) is 185 Å². The van der Waals surface area contributed by atoms with E-state index in [0.29, 0.717) is 0 Å². The van der Waals surface area contributed by atoms with Gasteiger partial charge in [0, 0.05) is 97.6 Å². The SMILES string of the molecule is O=S(=O)([O-])C(F)(F)F.O=S(=O)([O-])C(F)(F)F.O=S(=O)([O-])C(F)(F)F.O=S(=O)([O-])C(F)(F)F.O=S(=O)([O-])C(F)(F)F.O=S(=O)([O-])C(F)(F)F.c1cc(-c2cc[n+](CCC[n+]3ccc(-c4cc[n+](CCC[n+]5ccc(-c6cc[n+](CCC[n+]7ccc(-c8ccncc8)cc7)cc6)cc5)cc4)cc3)cc2)ccn1. The van der Waals surface area contributed by atoms with Crippen LogP contribution in [0.15, 0.2) is 196 Å². The number of nitrogens with zero attached hydrogens (tertiary/aromatic N) is 8. The van der Waals surface area contributed by atoms with Crippen LogP contribution in [0.3, 0.4) is 0 Å². The van der Waals surface area contributed by atoms with E-state index in [1.165, 1.54) is 44.5 Å². The van der Waals surface area contributed by atoms with Crippen molar-refractivity contribution in [3.05, 3.63) is 196 Å². The van der Waals surface area contributed by atoms with E-state index < -0.39 is 93.8 Å². The minimum Gasteiger partial charge on any atom is -0.741 e.